The van der Waals surface area contributed by atoms with Crippen LogP contribution in [0.4, 0.5) is 34.9 Å². The van der Waals surface area contributed by atoms with Gasteiger partial charge < -0.3 is 20.1 Å². The molecule has 0 radical (unpaired) electrons. The molecule has 0 aliphatic rings. The molecule has 0 aliphatic heterocycles. The molecule has 42 heavy (non-hydrogen) atoms. The number of nitrogens with zero attached hydrogens (tertiary/aromatic N) is 5. The Hall–Kier alpha value is -6.04. The quantitative estimate of drug-likeness (QED) is 0.0898. The van der Waals surface area contributed by atoms with Crippen molar-refractivity contribution in [2.24, 2.45) is 5.10 Å². The average molecular weight is 563 g/mol. The molecule has 0 aliphatic carbocycles. The van der Waals surface area contributed by atoms with Gasteiger partial charge in [-0.3, -0.25) is 10.1 Å². The minimum atomic E-state index is -0.440. The summed E-state index contributed by atoms with van der Waals surface area (Å²) in [7, 11) is 1.54. The van der Waals surface area contributed by atoms with Crippen LogP contribution in [0.15, 0.2) is 108 Å². The Balaban J connectivity index is 1.28. The molecule has 210 valence electrons. The van der Waals surface area contributed by atoms with Crippen LogP contribution in [0.1, 0.15) is 11.1 Å². The van der Waals surface area contributed by atoms with E-state index in [2.05, 4.69) is 36.1 Å². The minimum absolute atomic E-state index is 0.0260. The summed E-state index contributed by atoms with van der Waals surface area (Å²) in [5.41, 5.74) is 6.07. The maximum atomic E-state index is 10.9. The zero-order valence-electron chi connectivity index (χ0n) is 22.5. The third-order valence-corrected chi connectivity index (χ3v) is 5.80. The Morgan fingerprint density at radius 2 is 1.38 bits per heavy atom. The molecule has 0 saturated heterocycles. The van der Waals surface area contributed by atoms with Crippen LogP contribution >= 0.6 is 0 Å². The Labute approximate surface area is 241 Å². The third kappa shape index (κ3) is 7.54. The number of hydrogen-bond acceptors (Lipinski definition) is 11. The molecule has 4 aromatic carbocycles. The standard InChI is InChI=1S/C30H26N8O4/c1-41-27-18-22(14-17-26(27)42-20-21-12-15-25(16-13-21)38(39)40)19-31-37-30-35-28(32-23-8-4-2-5-9-23)34-29(36-30)33-24-10-6-3-7-11-24/h2-19H,20H2,1H3,(H3,32,33,34,35,36,37)/b31-19-. The number of benzene rings is 4. The summed E-state index contributed by atoms with van der Waals surface area (Å²) >= 11 is 0. The van der Waals surface area contributed by atoms with Crippen molar-refractivity contribution < 1.29 is 14.4 Å². The number of para-hydroxylation sites is 2. The molecular weight excluding hydrogens is 536 g/mol. The van der Waals surface area contributed by atoms with E-state index in [4.69, 9.17) is 9.47 Å². The van der Waals surface area contributed by atoms with Crippen LogP contribution in [-0.2, 0) is 6.61 Å². The molecule has 1 aromatic heterocycles. The van der Waals surface area contributed by atoms with Crippen LogP contribution < -0.4 is 25.5 Å². The Bertz CT molecular complexity index is 1610. The second-order valence-electron chi connectivity index (χ2n) is 8.78. The third-order valence-electron chi connectivity index (χ3n) is 5.80. The monoisotopic (exact) mass is 562 g/mol. The first-order valence-corrected chi connectivity index (χ1v) is 12.8. The number of rotatable bonds is 12. The van der Waals surface area contributed by atoms with Gasteiger partial charge in [0, 0.05) is 23.5 Å². The molecule has 0 atom stereocenters. The van der Waals surface area contributed by atoms with Crippen molar-refractivity contribution in [2.45, 2.75) is 6.61 Å². The second kappa shape index (κ2) is 13.3. The van der Waals surface area contributed by atoms with Gasteiger partial charge in [-0.05, 0) is 65.7 Å². The van der Waals surface area contributed by atoms with Crippen molar-refractivity contribution in [3.8, 4) is 11.5 Å². The number of nitro groups is 1. The van der Waals surface area contributed by atoms with Gasteiger partial charge in [0.05, 0.1) is 18.2 Å². The van der Waals surface area contributed by atoms with E-state index in [-0.39, 0.29) is 18.2 Å². The second-order valence-corrected chi connectivity index (χ2v) is 8.78. The number of methoxy groups -OCH3 is 1. The molecule has 0 fully saturated rings. The van der Waals surface area contributed by atoms with Crippen molar-refractivity contribution >= 4 is 41.1 Å². The topological polar surface area (TPSA) is 149 Å². The van der Waals surface area contributed by atoms with Crippen LogP contribution in [0, 0.1) is 10.1 Å². The van der Waals surface area contributed by atoms with E-state index in [1.807, 2.05) is 66.7 Å². The lowest BCUT2D eigenvalue weighted by Gasteiger charge is -2.11. The van der Waals surface area contributed by atoms with Crippen molar-refractivity contribution in [2.75, 3.05) is 23.2 Å². The van der Waals surface area contributed by atoms with Gasteiger partial charge in [0.1, 0.15) is 6.61 Å². The molecule has 0 saturated carbocycles. The summed E-state index contributed by atoms with van der Waals surface area (Å²) in [4.78, 5) is 23.8. The average Bonchev–Trinajstić information content (AvgIpc) is 3.01. The number of hydrazone groups is 1. The Morgan fingerprint density at radius 3 is 1.95 bits per heavy atom. The lowest BCUT2D eigenvalue weighted by Crippen LogP contribution is -2.07. The molecule has 12 nitrogen and oxygen atoms in total. The highest BCUT2D eigenvalue weighted by Gasteiger charge is 2.09. The van der Waals surface area contributed by atoms with Gasteiger partial charge in [-0.2, -0.15) is 20.1 Å². The summed E-state index contributed by atoms with van der Waals surface area (Å²) in [5, 5.41) is 21.5. The summed E-state index contributed by atoms with van der Waals surface area (Å²) in [6.45, 7) is 0.224. The number of aromatic nitrogens is 3. The number of nitro benzene ring substituents is 1. The molecule has 12 heteroatoms. The molecule has 0 unspecified atom stereocenters. The molecule has 0 spiro atoms. The maximum Gasteiger partial charge on any atom is 0.269 e. The predicted octanol–water partition coefficient (Wildman–Crippen LogP) is 6.30. The van der Waals surface area contributed by atoms with E-state index < -0.39 is 4.92 Å². The first-order valence-electron chi connectivity index (χ1n) is 12.8. The maximum absolute atomic E-state index is 10.9. The molecule has 0 amide bonds. The highest BCUT2D eigenvalue weighted by Crippen LogP contribution is 2.28. The number of non-ortho nitro benzene ring substituents is 1. The first-order chi connectivity index (χ1) is 20.6. The van der Waals surface area contributed by atoms with E-state index >= 15 is 0 Å². The summed E-state index contributed by atoms with van der Waals surface area (Å²) in [5.74, 6) is 1.93. The molecule has 1 heterocycles. The van der Waals surface area contributed by atoms with E-state index in [0.29, 0.717) is 23.4 Å². The van der Waals surface area contributed by atoms with E-state index in [1.165, 1.54) is 12.1 Å². The zero-order chi connectivity index (χ0) is 29.1. The van der Waals surface area contributed by atoms with Gasteiger partial charge >= 0.3 is 0 Å². The molecule has 5 aromatic rings. The van der Waals surface area contributed by atoms with Crippen LogP contribution in [-0.4, -0.2) is 33.2 Å². The van der Waals surface area contributed by atoms with Gasteiger partial charge in [-0.25, -0.2) is 5.43 Å². The highest BCUT2D eigenvalue weighted by atomic mass is 16.6. The zero-order valence-corrected chi connectivity index (χ0v) is 22.5. The fourth-order valence-electron chi connectivity index (χ4n) is 3.76. The van der Waals surface area contributed by atoms with Crippen LogP contribution in [0.5, 0.6) is 11.5 Å². The first kappa shape index (κ1) is 27.5. The minimum Gasteiger partial charge on any atom is -0.493 e. The van der Waals surface area contributed by atoms with Gasteiger partial charge in [0.25, 0.3) is 5.69 Å². The molecule has 0 bridgehead atoms. The lowest BCUT2D eigenvalue weighted by atomic mass is 10.2. The molecular formula is C30H26N8O4. The smallest absolute Gasteiger partial charge is 0.269 e. The van der Waals surface area contributed by atoms with Crippen LogP contribution in [0.25, 0.3) is 0 Å². The van der Waals surface area contributed by atoms with Gasteiger partial charge in [0.15, 0.2) is 11.5 Å². The number of nitrogens with one attached hydrogen (secondary N) is 3. The van der Waals surface area contributed by atoms with Gasteiger partial charge in [-0.1, -0.05) is 36.4 Å². The fourth-order valence-corrected chi connectivity index (χ4v) is 3.76. The summed E-state index contributed by atoms with van der Waals surface area (Å²) in [6, 6.07) is 30.7. The van der Waals surface area contributed by atoms with Crippen LogP contribution in [0.3, 0.4) is 0 Å². The lowest BCUT2D eigenvalue weighted by molar-refractivity contribution is -0.384. The van der Waals surface area contributed by atoms with Crippen molar-refractivity contribution in [1.29, 1.82) is 0 Å². The highest BCUT2D eigenvalue weighted by molar-refractivity contribution is 5.81. The van der Waals surface area contributed by atoms with E-state index in [9.17, 15) is 10.1 Å². The van der Waals surface area contributed by atoms with E-state index in [0.717, 1.165) is 22.5 Å². The van der Waals surface area contributed by atoms with Crippen LogP contribution in [0.2, 0.25) is 0 Å². The van der Waals surface area contributed by atoms with Crippen molar-refractivity contribution in [3.63, 3.8) is 0 Å². The summed E-state index contributed by atoms with van der Waals surface area (Å²) < 4.78 is 11.4. The molecule has 3 N–H and O–H groups in total. The number of hydrogen-bond donors (Lipinski definition) is 3. The van der Waals surface area contributed by atoms with Gasteiger partial charge in [0.2, 0.25) is 17.8 Å². The van der Waals surface area contributed by atoms with Crippen molar-refractivity contribution in [3.05, 3.63) is 124 Å². The van der Waals surface area contributed by atoms with Gasteiger partial charge in [-0.15, -0.1) is 0 Å². The number of ether oxygens (including phenoxy) is 2. The fraction of sp³-hybridized carbons (Fsp3) is 0.0667. The van der Waals surface area contributed by atoms with E-state index in [1.54, 1.807) is 37.6 Å². The molecule has 5 rings (SSSR count). The SMILES string of the molecule is COc1cc(/C=N\Nc2nc(Nc3ccccc3)nc(Nc3ccccc3)n2)ccc1OCc1ccc([N+](=O)[O-])cc1. The Kier molecular flexibility index (Phi) is 8.75. The summed E-state index contributed by atoms with van der Waals surface area (Å²) in [6.07, 6.45) is 1.60. The number of anilines is 5. The van der Waals surface area contributed by atoms with Crippen molar-refractivity contribution in [1.82, 2.24) is 15.0 Å². The predicted molar refractivity (Wildman–Crippen MR) is 161 cm³/mol. The normalized spacial score (nSPS) is 10.7. The largest absolute Gasteiger partial charge is 0.493 e. The Morgan fingerprint density at radius 1 is 0.786 bits per heavy atom.